The van der Waals surface area contributed by atoms with Gasteiger partial charge < -0.3 is 24.4 Å². The minimum atomic E-state index is -0.885. The van der Waals surface area contributed by atoms with Gasteiger partial charge in [0, 0.05) is 25.3 Å². The fourth-order valence-corrected chi connectivity index (χ4v) is 4.98. The van der Waals surface area contributed by atoms with Crippen molar-refractivity contribution in [3.8, 4) is 0 Å². The highest BCUT2D eigenvalue weighted by atomic mass is 19.1. The number of alkyl halides is 1. The van der Waals surface area contributed by atoms with Crippen LogP contribution in [0.25, 0.3) is 0 Å². The average molecular weight is 615 g/mol. The molecular weight excluding hydrogens is 567 g/mol. The Labute approximate surface area is 260 Å². The van der Waals surface area contributed by atoms with Gasteiger partial charge in [0.2, 0.25) is 0 Å². The monoisotopic (exact) mass is 614 g/mol. The number of hydrogen-bond acceptors (Lipinski definition) is 8. The number of alkyl carbamates (subject to hydrolysis) is 1. The molecule has 1 aromatic heterocycles. The molecule has 2 aromatic rings. The molecule has 0 bridgehead atoms. The van der Waals surface area contributed by atoms with Gasteiger partial charge in [-0.15, -0.1) is 0 Å². The number of esters is 1. The number of aromatic nitrogens is 1. The molecule has 242 valence electrons. The topological polar surface area (TPSA) is 110 Å². The van der Waals surface area contributed by atoms with Crippen LogP contribution in [0.2, 0.25) is 0 Å². The molecule has 2 heterocycles. The number of unbranched alkanes of at least 4 members (excludes halogenated alkanes) is 1. The first-order valence-corrected chi connectivity index (χ1v) is 15.4. The summed E-state index contributed by atoms with van der Waals surface area (Å²) in [6, 6.07) is 12.4. The van der Waals surface area contributed by atoms with Crippen LogP contribution in [-0.2, 0) is 38.5 Å². The van der Waals surface area contributed by atoms with Crippen molar-refractivity contribution < 1.29 is 33.0 Å². The third kappa shape index (κ3) is 11.7. The number of rotatable bonds is 15. The zero-order chi connectivity index (χ0) is 32.0. The molecule has 1 atom stereocenters. The highest BCUT2D eigenvalue weighted by molar-refractivity contribution is 5.88. The van der Waals surface area contributed by atoms with E-state index in [9.17, 15) is 18.8 Å². The van der Waals surface area contributed by atoms with E-state index in [2.05, 4.69) is 10.2 Å². The molecule has 1 aliphatic rings. The van der Waals surface area contributed by atoms with Crippen molar-refractivity contribution in [2.24, 2.45) is 0 Å². The van der Waals surface area contributed by atoms with E-state index in [1.165, 1.54) is 7.11 Å². The predicted octanol–water partition coefficient (Wildman–Crippen LogP) is 5.61. The summed E-state index contributed by atoms with van der Waals surface area (Å²) in [7, 11) is 1.27. The van der Waals surface area contributed by atoms with Crippen molar-refractivity contribution >= 4 is 24.0 Å². The summed E-state index contributed by atoms with van der Waals surface area (Å²) in [5.41, 5.74) is 2.19. The van der Waals surface area contributed by atoms with Gasteiger partial charge in [-0.25, -0.2) is 19.4 Å². The molecule has 3 rings (SSSR count). The Morgan fingerprint density at radius 1 is 1.05 bits per heavy atom. The zero-order valence-corrected chi connectivity index (χ0v) is 26.5. The SMILES string of the molecule is COC(=O)C(CCN(CCCF)CCCCc1ccc2c(n1)N(C(=O)OC(C)(C)C)CCC2)NC(=O)OCc1ccccc1. The molecule has 10 nitrogen and oxygen atoms in total. The number of hydrogen-bond donors (Lipinski definition) is 1. The lowest BCUT2D eigenvalue weighted by Gasteiger charge is -2.31. The maximum Gasteiger partial charge on any atom is 0.416 e. The van der Waals surface area contributed by atoms with Crippen molar-refractivity contribution in [1.29, 1.82) is 0 Å². The number of fused-ring (bicyclic) bond motifs is 1. The third-order valence-electron chi connectivity index (χ3n) is 7.20. The van der Waals surface area contributed by atoms with Gasteiger partial charge in [0.15, 0.2) is 0 Å². The lowest BCUT2D eigenvalue weighted by atomic mass is 10.0. The molecule has 1 N–H and O–H groups in total. The lowest BCUT2D eigenvalue weighted by molar-refractivity contribution is -0.143. The van der Waals surface area contributed by atoms with Gasteiger partial charge in [0.05, 0.1) is 13.8 Å². The number of nitrogens with one attached hydrogen (secondary N) is 1. The maximum atomic E-state index is 13.0. The second-order valence-corrected chi connectivity index (χ2v) is 11.9. The second kappa shape index (κ2) is 17.5. The number of amides is 2. The number of halogens is 1. The van der Waals surface area contributed by atoms with E-state index in [4.69, 9.17) is 19.2 Å². The molecule has 44 heavy (non-hydrogen) atoms. The first-order chi connectivity index (χ1) is 21.1. The van der Waals surface area contributed by atoms with Crippen LogP contribution in [0.15, 0.2) is 42.5 Å². The number of methoxy groups -OCH3 is 1. The normalized spacial score (nSPS) is 13.6. The smallest absolute Gasteiger partial charge is 0.416 e. The van der Waals surface area contributed by atoms with Crippen LogP contribution in [0.3, 0.4) is 0 Å². The van der Waals surface area contributed by atoms with E-state index >= 15 is 0 Å². The molecule has 11 heteroatoms. The Balaban J connectivity index is 1.51. The summed E-state index contributed by atoms with van der Waals surface area (Å²) in [4.78, 5) is 46.1. The highest BCUT2D eigenvalue weighted by Crippen LogP contribution is 2.27. The van der Waals surface area contributed by atoms with E-state index < -0.39 is 30.4 Å². The van der Waals surface area contributed by atoms with Gasteiger partial charge in [-0.1, -0.05) is 36.4 Å². The van der Waals surface area contributed by atoms with E-state index in [1.54, 1.807) is 4.90 Å². The van der Waals surface area contributed by atoms with Crippen molar-refractivity contribution in [2.45, 2.75) is 84.0 Å². The number of carbonyl (C=O) groups excluding carboxylic acids is 3. The molecule has 0 aliphatic carbocycles. The Morgan fingerprint density at radius 2 is 1.80 bits per heavy atom. The van der Waals surface area contributed by atoms with Gasteiger partial charge in [-0.3, -0.25) is 9.29 Å². The number of aryl methyl sites for hydroxylation is 2. The molecule has 0 fully saturated rings. The maximum absolute atomic E-state index is 13.0. The van der Waals surface area contributed by atoms with Crippen LogP contribution < -0.4 is 10.2 Å². The highest BCUT2D eigenvalue weighted by Gasteiger charge is 2.28. The van der Waals surface area contributed by atoms with Crippen molar-refractivity contribution in [3.05, 3.63) is 59.3 Å². The van der Waals surface area contributed by atoms with Crippen LogP contribution in [0.4, 0.5) is 19.8 Å². The number of ether oxygens (including phenoxy) is 3. The van der Waals surface area contributed by atoms with Gasteiger partial charge in [0.1, 0.15) is 24.1 Å². The number of benzene rings is 1. The lowest BCUT2D eigenvalue weighted by Crippen LogP contribution is -2.44. The molecule has 1 aliphatic heterocycles. The van der Waals surface area contributed by atoms with Crippen molar-refractivity contribution in [3.63, 3.8) is 0 Å². The molecule has 0 saturated heterocycles. The largest absolute Gasteiger partial charge is 0.467 e. The van der Waals surface area contributed by atoms with Gasteiger partial charge in [0.25, 0.3) is 0 Å². The Kier molecular flexibility index (Phi) is 13.9. The molecule has 0 saturated carbocycles. The quantitative estimate of drug-likeness (QED) is 0.157. The Hall–Kier alpha value is -3.73. The van der Waals surface area contributed by atoms with E-state index in [-0.39, 0.29) is 12.7 Å². The van der Waals surface area contributed by atoms with Crippen LogP contribution in [-0.4, -0.2) is 79.6 Å². The summed E-state index contributed by atoms with van der Waals surface area (Å²) in [6.45, 7) is 7.48. The minimum Gasteiger partial charge on any atom is -0.467 e. The van der Waals surface area contributed by atoms with E-state index in [1.807, 2.05) is 63.2 Å². The molecule has 0 radical (unpaired) electrons. The standard InChI is InChI=1S/C33H47FN4O6/c1-33(2,3)44-32(41)38-22-10-14-26-16-17-27(35-29(26)38)15-8-9-20-37(21-11-19-34)23-18-28(30(39)42-4)36-31(40)43-24-25-12-6-5-7-13-25/h5-7,12-13,16-17,28H,8-11,14-15,18-24H2,1-4H3,(H,36,40). The third-order valence-corrected chi connectivity index (χ3v) is 7.20. The van der Waals surface area contributed by atoms with Gasteiger partial charge in [-0.05, 0) is 89.5 Å². The molecule has 1 aromatic carbocycles. The summed E-state index contributed by atoms with van der Waals surface area (Å²) < 4.78 is 28.8. The van der Waals surface area contributed by atoms with Crippen LogP contribution in [0.1, 0.15) is 69.7 Å². The molecule has 2 amide bonds. The van der Waals surface area contributed by atoms with Crippen LogP contribution in [0.5, 0.6) is 0 Å². The fraction of sp³-hybridized carbons (Fsp3) is 0.576. The number of anilines is 1. The average Bonchev–Trinajstić information content (AvgIpc) is 3.01. The van der Waals surface area contributed by atoms with Crippen LogP contribution in [0, 0.1) is 0 Å². The van der Waals surface area contributed by atoms with E-state index in [0.29, 0.717) is 44.8 Å². The number of carbonyl (C=O) groups is 3. The molecule has 1 unspecified atom stereocenters. The van der Waals surface area contributed by atoms with Crippen molar-refractivity contribution in [1.82, 2.24) is 15.2 Å². The molecular formula is C33H47FN4O6. The predicted molar refractivity (Wildman–Crippen MR) is 166 cm³/mol. The Morgan fingerprint density at radius 3 is 2.50 bits per heavy atom. The summed E-state index contributed by atoms with van der Waals surface area (Å²) in [5.74, 6) is 0.113. The van der Waals surface area contributed by atoms with E-state index in [0.717, 1.165) is 48.9 Å². The van der Waals surface area contributed by atoms with Gasteiger partial charge >= 0.3 is 18.2 Å². The van der Waals surface area contributed by atoms with Gasteiger partial charge in [-0.2, -0.15) is 0 Å². The van der Waals surface area contributed by atoms with Crippen LogP contribution >= 0.6 is 0 Å². The minimum absolute atomic E-state index is 0.0846. The molecule has 0 spiro atoms. The summed E-state index contributed by atoms with van der Waals surface area (Å²) in [5, 5.41) is 2.61. The zero-order valence-electron chi connectivity index (χ0n) is 26.5. The number of pyridine rings is 1. The van der Waals surface area contributed by atoms with Crippen molar-refractivity contribution in [2.75, 3.05) is 44.9 Å². The first kappa shape index (κ1) is 34.8. The first-order valence-electron chi connectivity index (χ1n) is 15.4. The Bertz CT molecular complexity index is 1210. The number of nitrogens with zero attached hydrogens (tertiary/aromatic N) is 3. The summed E-state index contributed by atoms with van der Waals surface area (Å²) >= 11 is 0. The second-order valence-electron chi connectivity index (χ2n) is 11.9. The fourth-order valence-electron chi connectivity index (χ4n) is 4.98. The summed E-state index contributed by atoms with van der Waals surface area (Å²) in [6.07, 6.45) is 3.73.